The van der Waals surface area contributed by atoms with Gasteiger partial charge in [-0.1, -0.05) is 19.3 Å². The summed E-state index contributed by atoms with van der Waals surface area (Å²) in [6, 6.07) is -0.660. The van der Waals surface area contributed by atoms with Gasteiger partial charge in [0.15, 0.2) is 5.78 Å². The molecule has 1 aliphatic heterocycles. The Labute approximate surface area is 96.2 Å². The fraction of sp³-hybridized carbons (Fsp3) is 0.833. The summed E-state index contributed by atoms with van der Waals surface area (Å²) in [5.41, 5.74) is 5.29. The van der Waals surface area contributed by atoms with E-state index in [1.165, 1.54) is 6.42 Å². The monoisotopic (exact) mass is 224 g/mol. The normalized spacial score (nSPS) is 27.0. The van der Waals surface area contributed by atoms with E-state index in [0.29, 0.717) is 6.54 Å². The highest BCUT2D eigenvalue weighted by Crippen LogP contribution is 2.29. The van der Waals surface area contributed by atoms with E-state index in [0.717, 1.165) is 38.5 Å². The van der Waals surface area contributed by atoms with E-state index in [4.69, 9.17) is 5.73 Å². The van der Waals surface area contributed by atoms with Crippen LogP contribution >= 0.6 is 0 Å². The van der Waals surface area contributed by atoms with Crippen molar-refractivity contribution in [1.82, 2.24) is 4.90 Å². The van der Waals surface area contributed by atoms with Crippen molar-refractivity contribution in [2.24, 2.45) is 11.7 Å². The number of amides is 2. The summed E-state index contributed by atoms with van der Waals surface area (Å²) < 4.78 is 0. The van der Waals surface area contributed by atoms with Crippen molar-refractivity contribution in [3.05, 3.63) is 0 Å². The first-order chi connectivity index (χ1) is 7.70. The first-order valence-electron chi connectivity index (χ1n) is 6.30. The van der Waals surface area contributed by atoms with Gasteiger partial charge in [-0.05, 0) is 25.7 Å². The van der Waals surface area contributed by atoms with Crippen LogP contribution in [0.5, 0.6) is 0 Å². The molecule has 2 rings (SSSR count). The van der Waals surface area contributed by atoms with Crippen LogP contribution < -0.4 is 5.73 Å². The number of carbonyl (C=O) groups is 2. The van der Waals surface area contributed by atoms with Crippen molar-refractivity contribution in [1.29, 1.82) is 0 Å². The lowest BCUT2D eigenvalue weighted by Gasteiger charge is -2.27. The lowest BCUT2D eigenvalue weighted by Crippen LogP contribution is -2.45. The van der Waals surface area contributed by atoms with E-state index in [1.807, 2.05) is 0 Å². The van der Waals surface area contributed by atoms with Crippen LogP contribution in [0, 0.1) is 5.92 Å². The van der Waals surface area contributed by atoms with Gasteiger partial charge in [0.1, 0.15) is 0 Å². The second-order valence-electron chi connectivity index (χ2n) is 4.93. The van der Waals surface area contributed by atoms with Crippen molar-refractivity contribution >= 4 is 11.8 Å². The molecule has 1 aliphatic carbocycles. The minimum absolute atomic E-state index is 0.179. The molecule has 1 saturated heterocycles. The number of hydrogen-bond donors (Lipinski definition) is 1. The fourth-order valence-electron chi connectivity index (χ4n) is 2.99. The van der Waals surface area contributed by atoms with E-state index in [9.17, 15) is 9.59 Å². The summed E-state index contributed by atoms with van der Waals surface area (Å²) in [5, 5.41) is 0. The number of ketones is 1. The van der Waals surface area contributed by atoms with E-state index >= 15 is 0 Å². The quantitative estimate of drug-likeness (QED) is 0.775. The molecule has 2 N–H and O–H groups in total. The molecule has 1 saturated carbocycles. The minimum atomic E-state index is -0.438. The zero-order valence-corrected chi connectivity index (χ0v) is 9.65. The molecule has 0 radical (unpaired) electrons. The molecule has 4 nitrogen and oxygen atoms in total. The Hall–Kier alpha value is -1.06. The summed E-state index contributed by atoms with van der Waals surface area (Å²) >= 11 is 0. The third-order valence-corrected chi connectivity index (χ3v) is 3.87. The van der Waals surface area contributed by atoms with E-state index < -0.39 is 6.03 Å². The lowest BCUT2D eigenvalue weighted by atomic mass is 9.83. The highest BCUT2D eigenvalue weighted by Gasteiger charge is 2.36. The average Bonchev–Trinajstić information content (AvgIpc) is 2.78. The lowest BCUT2D eigenvalue weighted by molar-refractivity contribution is -0.127. The molecule has 2 amide bonds. The molecule has 0 aromatic rings. The predicted molar refractivity (Wildman–Crippen MR) is 60.9 cm³/mol. The Bertz CT molecular complexity index is 285. The summed E-state index contributed by atoms with van der Waals surface area (Å²) in [6.07, 6.45) is 7.27. The molecular formula is C12H20N2O2. The zero-order chi connectivity index (χ0) is 11.5. The second kappa shape index (κ2) is 4.85. The Balaban J connectivity index is 1.99. The molecule has 0 aromatic carbocycles. The molecule has 2 fully saturated rings. The third kappa shape index (κ3) is 2.20. The van der Waals surface area contributed by atoms with Crippen LogP contribution in [-0.4, -0.2) is 29.3 Å². The first kappa shape index (κ1) is 11.4. The van der Waals surface area contributed by atoms with Gasteiger partial charge in [0.25, 0.3) is 0 Å². The Kier molecular flexibility index (Phi) is 3.46. The van der Waals surface area contributed by atoms with Crippen molar-refractivity contribution in [2.45, 2.75) is 51.0 Å². The van der Waals surface area contributed by atoms with Gasteiger partial charge in [-0.25, -0.2) is 4.79 Å². The van der Waals surface area contributed by atoms with Crippen LogP contribution in [0.15, 0.2) is 0 Å². The Morgan fingerprint density at radius 2 is 1.69 bits per heavy atom. The van der Waals surface area contributed by atoms with Gasteiger partial charge >= 0.3 is 6.03 Å². The maximum absolute atomic E-state index is 12.3. The number of Topliss-reactive ketones (excluding diaryl/α,β-unsaturated/α-hetero) is 1. The van der Waals surface area contributed by atoms with Gasteiger partial charge in [-0.15, -0.1) is 0 Å². The summed E-state index contributed by atoms with van der Waals surface area (Å²) in [7, 11) is 0. The molecule has 1 heterocycles. The van der Waals surface area contributed by atoms with Crippen molar-refractivity contribution < 1.29 is 9.59 Å². The molecule has 90 valence electrons. The van der Waals surface area contributed by atoms with Gasteiger partial charge in [0, 0.05) is 12.5 Å². The first-order valence-corrected chi connectivity index (χ1v) is 6.30. The van der Waals surface area contributed by atoms with Gasteiger partial charge in [0.05, 0.1) is 6.04 Å². The van der Waals surface area contributed by atoms with Crippen LogP contribution in [-0.2, 0) is 4.79 Å². The van der Waals surface area contributed by atoms with E-state index in [1.54, 1.807) is 4.90 Å². The smallest absolute Gasteiger partial charge is 0.315 e. The molecule has 0 bridgehead atoms. The largest absolute Gasteiger partial charge is 0.351 e. The molecule has 0 spiro atoms. The zero-order valence-electron chi connectivity index (χ0n) is 9.65. The molecular weight excluding hydrogens is 204 g/mol. The van der Waals surface area contributed by atoms with Gasteiger partial charge in [0.2, 0.25) is 0 Å². The number of likely N-dealkylation sites (tertiary alicyclic amines) is 1. The summed E-state index contributed by atoms with van der Waals surface area (Å²) in [4.78, 5) is 25.0. The highest BCUT2D eigenvalue weighted by molar-refractivity contribution is 5.90. The Morgan fingerprint density at radius 3 is 2.31 bits per heavy atom. The number of nitrogens with zero attached hydrogens (tertiary/aromatic N) is 1. The third-order valence-electron chi connectivity index (χ3n) is 3.87. The number of rotatable bonds is 2. The van der Waals surface area contributed by atoms with Crippen LogP contribution in [0.3, 0.4) is 0 Å². The number of urea groups is 1. The van der Waals surface area contributed by atoms with Crippen LogP contribution in [0.2, 0.25) is 0 Å². The van der Waals surface area contributed by atoms with Gasteiger partial charge in [-0.2, -0.15) is 0 Å². The van der Waals surface area contributed by atoms with Crippen molar-refractivity contribution in [2.75, 3.05) is 6.54 Å². The Morgan fingerprint density at radius 1 is 1.00 bits per heavy atom. The molecule has 2 aliphatic rings. The fourth-order valence-corrected chi connectivity index (χ4v) is 2.99. The SMILES string of the molecule is NC(=O)N1CCC[C@H]1C(=O)C1CCCCC1. The van der Waals surface area contributed by atoms with Crippen LogP contribution in [0.4, 0.5) is 4.79 Å². The topological polar surface area (TPSA) is 63.4 Å². The number of nitrogens with two attached hydrogens (primary N) is 1. The van der Waals surface area contributed by atoms with Crippen LogP contribution in [0.1, 0.15) is 44.9 Å². The molecule has 1 atom stereocenters. The summed E-state index contributed by atoms with van der Waals surface area (Å²) in [5.74, 6) is 0.440. The van der Waals surface area contributed by atoms with E-state index in [2.05, 4.69) is 0 Å². The predicted octanol–water partition coefficient (Wildman–Crippen LogP) is 1.68. The van der Waals surface area contributed by atoms with Gasteiger partial charge in [-0.3, -0.25) is 4.79 Å². The molecule has 4 heteroatoms. The molecule has 0 aromatic heterocycles. The summed E-state index contributed by atoms with van der Waals surface area (Å²) in [6.45, 7) is 0.651. The number of carbonyl (C=O) groups excluding carboxylic acids is 2. The number of hydrogen-bond acceptors (Lipinski definition) is 2. The highest BCUT2D eigenvalue weighted by atomic mass is 16.2. The van der Waals surface area contributed by atoms with Crippen molar-refractivity contribution in [3.63, 3.8) is 0 Å². The van der Waals surface area contributed by atoms with Crippen LogP contribution in [0.25, 0.3) is 0 Å². The average molecular weight is 224 g/mol. The maximum atomic E-state index is 12.3. The minimum Gasteiger partial charge on any atom is -0.351 e. The number of primary amides is 1. The standard InChI is InChI=1S/C12H20N2O2/c13-12(16)14-8-4-7-10(14)11(15)9-5-2-1-3-6-9/h9-10H,1-8H2,(H2,13,16)/t10-/m0/s1. The van der Waals surface area contributed by atoms with Crippen molar-refractivity contribution in [3.8, 4) is 0 Å². The molecule has 16 heavy (non-hydrogen) atoms. The molecule has 0 unspecified atom stereocenters. The van der Waals surface area contributed by atoms with Gasteiger partial charge < -0.3 is 10.6 Å². The maximum Gasteiger partial charge on any atom is 0.315 e. The second-order valence-corrected chi connectivity index (χ2v) is 4.93. The van der Waals surface area contributed by atoms with E-state index in [-0.39, 0.29) is 17.7 Å².